The third-order valence-corrected chi connectivity index (χ3v) is 5.28. The van der Waals surface area contributed by atoms with Gasteiger partial charge in [0.2, 0.25) is 0 Å². The summed E-state index contributed by atoms with van der Waals surface area (Å²) in [6.07, 6.45) is 4.11. The number of carbonyl (C=O) groups excluding carboxylic acids is 1. The number of thiocarbonyl (C=S) groups is 1. The van der Waals surface area contributed by atoms with Gasteiger partial charge in [-0.25, -0.2) is 0 Å². The molecule has 32 heavy (non-hydrogen) atoms. The molecule has 2 N–H and O–H groups in total. The fraction of sp³-hybridized carbons (Fsp3) is 0.240. The molecule has 0 saturated heterocycles. The quantitative estimate of drug-likeness (QED) is 0.177. The molecule has 0 atom stereocenters. The molecule has 1 aromatic carbocycles. The number of nitrogens with zero attached hydrogens (tertiary/aromatic N) is 1. The van der Waals surface area contributed by atoms with Crippen LogP contribution < -0.4 is 45.4 Å². The van der Waals surface area contributed by atoms with Gasteiger partial charge in [-0.2, -0.15) is 5.10 Å². The Kier molecular flexibility index (Phi) is 10.3. The van der Waals surface area contributed by atoms with Gasteiger partial charge in [0, 0.05) is 17.5 Å². The summed E-state index contributed by atoms with van der Waals surface area (Å²) in [5.74, 6) is -0.767. The first-order chi connectivity index (χ1) is 15.0. The number of rotatable bonds is 8. The molecule has 1 aromatic rings. The van der Waals surface area contributed by atoms with Gasteiger partial charge in [-0.05, 0) is 77.9 Å². The number of carbonyl (C=O) groups is 1. The van der Waals surface area contributed by atoms with Gasteiger partial charge in [-0.3, -0.25) is 5.43 Å². The van der Waals surface area contributed by atoms with Crippen LogP contribution in [0.3, 0.4) is 0 Å². The van der Waals surface area contributed by atoms with Gasteiger partial charge >= 0.3 is 29.6 Å². The molecular formula is C25H26N3NaO2S. The Hall–Kier alpha value is -2.25. The van der Waals surface area contributed by atoms with Crippen molar-refractivity contribution in [3.05, 3.63) is 77.4 Å². The van der Waals surface area contributed by atoms with Crippen LogP contribution in [-0.2, 0) is 6.42 Å². The van der Waals surface area contributed by atoms with E-state index in [1.54, 1.807) is 12.3 Å². The maximum absolute atomic E-state index is 11.6. The minimum Gasteiger partial charge on any atom is -0.545 e. The van der Waals surface area contributed by atoms with Crippen molar-refractivity contribution in [1.29, 1.82) is 0 Å². The minimum atomic E-state index is -1.14. The second-order valence-corrected chi connectivity index (χ2v) is 8.06. The van der Waals surface area contributed by atoms with Gasteiger partial charge in [-0.15, -0.1) is 0 Å². The van der Waals surface area contributed by atoms with E-state index in [1.807, 2.05) is 48.5 Å². The number of aromatic carboxylic acids is 1. The van der Waals surface area contributed by atoms with E-state index in [0.29, 0.717) is 11.0 Å². The van der Waals surface area contributed by atoms with Crippen LogP contribution in [0.5, 0.6) is 0 Å². The Morgan fingerprint density at radius 2 is 1.78 bits per heavy atom. The summed E-state index contributed by atoms with van der Waals surface area (Å²) in [6.45, 7) is 4.24. The topological polar surface area (TPSA) is 76.5 Å². The Morgan fingerprint density at radius 3 is 2.44 bits per heavy atom. The van der Waals surface area contributed by atoms with E-state index >= 15 is 0 Å². The van der Waals surface area contributed by atoms with Gasteiger partial charge in [0.05, 0.1) is 5.97 Å². The van der Waals surface area contributed by atoms with Crippen LogP contribution in [0.25, 0.3) is 11.1 Å². The van der Waals surface area contributed by atoms with Crippen molar-refractivity contribution in [3.8, 4) is 11.1 Å². The number of benzene rings is 1. The third-order valence-electron chi connectivity index (χ3n) is 5.08. The number of nitrogens with one attached hydrogen (secondary N) is 2. The summed E-state index contributed by atoms with van der Waals surface area (Å²) in [4.78, 5) is 11.6. The van der Waals surface area contributed by atoms with Crippen LogP contribution in [0.1, 0.15) is 54.1 Å². The zero-order chi connectivity index (χ0) is 22.2. The smallest absolute Gasteiger partial charge is 0.545 e. The third kappa shape index (κ3) is 7.14. The molecule has 2 aliphatic rings. The Balaban J connectivity index is 0.00000363. The molecule has 0 bridgehead atoms. The first kappa shape index (κ1) is 26.0. The number of carboxylic acid groups (broad SMARTS) is 1. The van der Waals surface area contributed by atoms with Crippen LogP contribution in [-0.4, -0.2) is 17.3 Å². The first-order valence-electron chi connectivity index (χ1n) is 10.4. The van der Waals surface area contributed by atoms with Gasteiger partial charge in [0.25, 0.3) is 0 Å². The number of para-hydroxylation sites is 1. The number of carboxylic acids is 1. The van der Waals surface area contributed by atoms with Crippen molar-refractivity contribution in [2.75, 3.05) is 5.32 Å². The molecule has 0 spiro atoms. The number of fused-ring (bicyclic) bond motifs is 1. The Morgan fingerprint density at radius 1 is 1.09 bits per heavy atom. The molecule has 0 heterocycles. The van der Waals surface area contributed by atoms with Crippen LogP contribution >= 0.6 is 12.2 Å². The van der Waals surface area contributed by atoms with E-state index in [0.717, 1.165) is 41.6 Å². The molecule has 0 radical (unpaired) electrons. The monoisotopic (exact) mass is 455 g/mol. The van der Waals surface area contributed by atoms with Crippen LogP contribution in [0.4, 0.5) is 5.69 Å². The summed E-state index contributed by atoms with van der Waals surface area (Å²) in [5.41, 5.74) is 7.84. The van der Waals surface area contributed by atoms with E-state index in [1.165, 1.54) is 5.56 Å². The van der Waals surface area contributed by atoms with Gasteiger partial charge in [-0.1, -0.05) is 56.3 Å². The average molecular weight is 456 g/mol. The Bertz CT molecular complexity index is 1050. The minimum absolute atomic E-state index is 0. The van der Waals surface area contributed by atoms with Gasteiger partial charge in [0.1, 0.15) is 0 Å². The molecular weight excluding hydrogens is 429 g/mol. The number of hydrogen-bond donors (Lipinski definition) is 2. The number of aryl methyl sites for hydroxylation is 1. The summed E-state index contributed by atoms with van der Waals surface area (Å²) in [6, 6.07) is 19.4. The number of hydrazone groups is 1. The van der Waals surface area contributed by atoms with Crippen molar-refractivity contribution in [3.63, 3.8) is 0 Å². The zero-order valence-electron chi connectivity index (χ0n) is 18.7. The molecule has 3 rings (SSSR count). The molecule has 0 unspecified atom stereocenters. The molecule has 0 fully saturated rings. The molecule has 0 aliphatic heterocycles. The number of anilines is 1. The summed E-state index contributed by atoms with van der Waals surface area (Å²) >= 11 is 5.21. The largest absolute Gasteiger partial charge is 1.00 e. The molecule has 0 aromatic heterocycles. The maximum Gasteiger partial charge on any atom is 1.00 e. The molecule has 7 heteroatoms. The predicted molar refractivity (Wildman–Crippen MR) is 129 cm³/mol. The van der Waals surface area contributed by atoms with Crippen LogP contribution in [0.15, 0.2) is 65.8 Å². The van der Waals surface area contributed by atoms with E-state index in [-0.39, 0.29) is 35.1 Å². The average Bonchev–Trinajstić information content (AvgIpc) is 2.93. The van der Waals surface area contributed by atoms with Crippen LogP contribution in [0, 0.1) is 0 Å². The van der Waals surface area contributed by atoms with E-state index < -0.39 is 5.97 Å². The van der Waals surface area contributed by atoms with E-state index in [9.17, 15) is 9.90 Å². The summed E-state index contributed by atoms with van der Waals surface area (Å²) < 4.78 is 0. The van der Waals surface area contributed by atoms with Gasteiger partial charge in [0.15, 0.2) is 5.11 Å². The predicted octanol–water partition coefficient (Wildman–Crippen LogP) is 1.58. The second kappa shape index (κ2) is 12.7. The van der Waals surface area contributed by atoms with Crippen molar-refractivity contribution in [2.24, 2.45) is 5.10 Å². The zero-order valence-corrected chi connectivity index (χ0v) is 21.5. The fourth-order valence-corrected chi connectivity index (χ4v) is 3.60. The summed E-state index contributed by atoms with van der Waals surface area (Å²) in [7, 11) is 0. The van der Waals surface area contributed by atoms with E-state index in [4.69, 9.17) is 12.2 Å². The molecule has 0 amide bonds. The standard InChI is InChI=1S/C25H27N3O2S.Na/c1-17(2)18-11-13-21-19(16-23(24(29)30)22(21)14-12-18)8-6-7-15-26-28-25(31)27-20-9-4-3-5-10-20;/h3-5,9-17H,6-8H2,1-2H3,(H,29,30)(H2,27,28,31);/q;+1/p-1/b26-15+;. The van der Waals surface area contributed by atoms with E-state index in [2.05, 4.69) is 35.8 Å². The molecule has 5 nitrogen and oxygen atoms in total. The molecule has 160 valence electrons. The SMILES string of the molecule is CC(C)c1ccc2c(CCC/C=N/NC(=S)Nc3ccccc3)cc(C(=O)[O-])c-2cc1.[Na+]. The summed E-state index contributed by atoms with van der Waals surface area (Å²) in [5, 5.41) is 19.2. The maximum atomic E-state index is 11.6. The van der Waals surface area contributed by atoms with Crippen molar-refractivity contribution < 1.29 is 39.5 Å². The van der Waals surface area contributed by atoms with Gasteiger partial charge < -0.3 is 15.2 Å². The number of unbranched alkanes of at least 4 members (excludes halogenated alkanes) is 1. The normalized spacial score (nSPS) is 10.8. The van der Waals surface area contributed by atoms with Crippen molar-refractivity contribution in [2.45, 2.75) is 39.0 Å². The Labute approximate surface area is 217 Å². The second-order valence-electron chi connectivity index (χ2n) is 7.66. The van der Waals surface area contributed by atoms with Crippen molar-refractivity contribution in [1.82, 2.24) is 5.43 Å². The first-order valence-corrected chi connectivity index (χ1v) is 10.8. The number of hydrogen-bond acceptors (Lipinski definition) is 4. The fourth-order valence-electron chi connectivity index (χ4n) is 3.43. The van der Waals surface area contributed by atoms with Crippen molar-refractivity contribution >= 4 is 35.2 Å². The van der Waals surface area contributed by atoms with Crippen LogP contribution in [0.2, 0.25) is 0 Å². The molecule has 2 aliphatic carbocycles. The molecule has 0 saturated carbocycles.